The number of carbonyl (C=O) groups is 1. The lowest BCUT2D eigenvalue weighted by Crippen LogP contribution is -2.44. The molecule has 2 fully saturated rings. The maximum atomic E-state index is 13.3. The zero-order valence-electron chi connectivity index (χ0n) is 15.4. The number of nitrogens with zero attached hydrogens (tertiary/aromatic N) is 3. The lowest BCUT2D eigenvalue weighted by molar-refractivity contribution is 0.0442. The molecule has 1 amide bonds. The van der Waals surface area contributed by atoms with Crippen molar-refractivity contribution < 1.29 is 9.53 Å². The molecule has 3 heterocycles. The molecular formula is C20H25N3O2S. The summed E-state index contributed by atoms with van der Waals surface area (Å²) in [5.74, 6) is 2.24. The highest BCUT2D eigenvalue weighted by atomic mass is 32.2. The molecule has 2 aliphatic heterocycles. The third-order valence-corrected chi connectivity index (χ3v) is 6.50. The first-order valence-corrected chi connectivity index (χ1v) is 10.5. The molecule has 1 aromatic carbocycles. The lowest BCUT2D eigenvalue weighted by Gasteiger charge is -2.31. The van der Waals surface area contributed by atoms with Gasteiger partial charge < -0.3 is 9.64 Å². The number of aryl methyl sites for hydroxylation is 2. The molecule has 4 rings (SSSR count). The van der Waals surface area contributed by atoms with E-state index in [0.29, 0.717) is 18.2 Å². The van der Waals surface area contributed by atoms with E-state index in [1.807, 2.05) is 48.7 Å². The molecule has 2 saturated heterocycles. The van der Waals surface area contributed by atoms with Gasteiger partial charge in [0.15, 0.2) is 0 Å². The smallest absolute Gasteiger partial charge is 0.254 e. The van der Waals surface area contributed by atoms with Crippen LogP contribution in [0.3, 0.4) is 0 Å². The van der Waals surface area contributed by atoms with E-state index in [1.165, 1.54) is 0 Å². The number of fused-ring (bicyclic) bond motifs is 1. The van der Waals surface area contributed by atoms with Crippen molar-refractivity contribution in [2.75, 3.05) is 24.7 Å². The summed E-state index contributed by atoms with van der Waals surface area (Å²) >= 11 is 1.93. The number of benzene rings is 1. The molecule has 2 aliphatic rings. The molecule has 0 unspecified atom stereocenters. The van der Waals surface area contributed by atoms with Crippen LogP contribution in [0.25, 0.3) is 11.0 Å². The zero-order valence-corrected chi connectivity index (χ0v) is 16.2. The summed E-state index contributed by atoms with van der Waals surface area (Å²) in [5, 5.41) is 0. The van der Waals surface area contributed by atoms with Gasteiger partial charge in [0.2, 0.25) is 0 Å². The van der Waals surface area contributed by atoms with E-state index in [2.05, 4.69) is 9.97 Å². The predicted molar refractivity (Wildman–Crippen MR) is 105 cm³/mol. The van der Waals surface area contributed by atoms with Crippen LogP contribution in [0.4, 0.5) is 0 Å². The highest BCUT2D eigenvalue weighted by Gasteiger charge is 2.31. The number of hydrogen-bond donors (Lipinski definition) is 0. The lowest BCUT2D eigenvalue weighted by atomic mass is 10.1. The summed E-state index contributed by atoms with van der Waals surface area (Å²) < 4.78 is 5.81. The number of carbonyl (C=O) groups excluding carboxylic acids is 1. The minimum Gasteiger partial charge on any atom is -0.376 e. The minimum absolute atomic E-state index is 0.0925. The molecule has 1 aromatic heterocycles. The summed E-state index contributed by atoms with van der Waals surface area (Å²) in [7, 11) is 0. The van der Waals surface area contributed by atoms with E-state index in [9.17, 15) is 4.79 Å². The number of amides is 1. The Bertz CT molecular complexity index is 814. The molecule has 2 aromatic rings. The highest BCUT2D eigenvalue weighted by Crippen LogP contribution is 2.26. The maximum absolute atomic E-state index is 13.3. The third-order valence-electron chi connectivity index (χ3n) is 5.35. The molecule has 0 saturated carbocycles. The van der Waals surface area contributed by atoms with Gasteiger partial charge in [0, 0.05) is 30.5 Å². The van der Waals surface area contributed by atoms with Crippen molar-refractivity contribution in [3.05, 3.63) is 35.2 Å². The minimum atomic E-state index is 0.0925. The van der Waals surface area contributed by atoms with Gasteiger partial charge in [0.05, 0.1) is 28.5 Å². The second kappa shape index (κ2) is 7.53. The molecule has 0 spiro atoms. The quantitative estimate of drug-likeness (QED) is 0.825. The number of hydrogen-bond acceptors (Lipinski definition) is 5. The molecular weight excluding hydrogens is 346 g/mol. The maximum Gasteiger partial charge on any atom is 0.254 e. The van der Waals surface area contributed by atoms with Crippen molar-refractivity contribution >= 4 is 28.7 Å². The molecule has 0 aliphatic carbocycles. The van der Waals surface area contributed by atoms with Crippen molar-refractivity contribution in [2.45, 2.75) is 45.3 Å². The second-order valence-corrected chi connectivity index (χ2v) is 8.36. The van der Waals surface area contributed by atoms with E-state index >= 15 is 0 Å². The zero-order chi connectivity index (χ0) is 18.1. The Hall–Kier alpha value is -1.66. The van der Waals surface area contributed by atoms with Crippen LogP contribution in [0.5, 0.6) is 0 Å². The fraction of sp³-hybridized carbons (Fsp3) is 0.550. The van der Waals surface area contributed by atoms with Gasteiger partial charge in [-0.25, -0.2) is 9.97 Å². The summed E-state index contributed by atoms with van der Waals surface area (Å²) in [6.07, 6.45) is 3.38. The molecule has 5 nitrogen and oxygen atoms in total. The molecule has 0 N–H and O–H groups in total. The number of aromatic nitrogens is 2. The van der Waals surface area contributed by atoms with Crippen LogP contribution in [0.2, 0.25) is 0 Å². The van der Waals surface area contributed by atoms with Crippen LogP contribution in [0, 0.1) is 13.8 Å². The van der Waals surface area contributed by atoms with Crippen LogP contribution < -0.4 is 0 Å². The van der Waals surface area contributed by atoms with Crippen molar-refractivity contribution in [3.63, 3.8) is 0 Å². The fourth-order valence-corrected chi connectivity index (χ4v) is 4.93. The Morgan fingerprint density at radius 2 is 2.04 bits per heavy atom. The Morgan fingerprint density at radius 3 is 2.73 bits per heavy atom. The first kappa shape index (κ1) is 17.7. The SMILES string of the molecule is Cc1nc2ccc(C(=O)N(C[C@@H]3CCCO3)[C@H]3CCSC3)cc2nc1C. The fourth-order valence-electron chi connectivity index (χ4n) is 3.70. The number of thioether (sulfide) groups is 1. The van der Waals surface area contributed by atoms with Crippen LogP contribution >= 0.6 is 11.8 Å². The van der Waals surface area contributed by atoms with Gasteiger partial charge in [-0.3, -0.25) is 4.79 Å². The summed E-state index contributed by atoms with van der Waals surface area (Å²) in [6, 6.07) is 5.99. The average Bonchev–Trinajstić information content (AvgIpc) is 3.33. The van der Waals surface area contributed by atoms with Crippen molar-refractivity contribution in [3.8, 4) is 0 Å². The van der Waals surface area contributed by atoms with Gasteiger partial charge in [-0.2, -0.15) is 11.8 Å². The van der Waals surface area contributed by atoms with E-state index in [0.717, 1.165) is 59.8 Å². The normalized spacial score (nSPS) is 22.8. The van der Waals surface area contributed by atoms with E-state index < -0.39 is 0 Å². The third kappa shape index (κ3) is 3.58. The summed E-state index contributed by atoms with van der Waals surface area (Å²) in [6.45, 7) is 5.43. The monoisotopic (exact) mass is 371 g/mol. The number of ether oxygens (including phenoxy) is 1. The molecule has 26 heavy (non-hydrogen) atoms. The van der Waals surface area contributed by atoms with Gasteiger partial charge in [-0.05, 0) is 57.1 Å². The van der Waals surface area contributed by atoms with Gasteiger partial charge in [-0.1, -0.05) is 0 Å². The van der Waals surface area contributed by atoms with Crippen LogP contribution in [0.15, 0.2) is 18.2 Å². The largest absolute Gasteiger partial charge is 0.376 e. The first-order valence-electron chi connectivity index (χ1n) is 9.37. The van der Waals surface area contributed by atoms with Crippen molar-refractivity contribution in [2.24, 2.45) is 0 Å². The van der Waals surface area contributed by atoms with Gasteiger partial charge >= 0.3 is 0 Å². The molecule has 6 heteroatoms. The Kier molecular flexibility index (Phi) is 5.14. The Morgan fingerprint density at radius 1 is 1.23 bits per heavy atom. The van der Waals surface area contributed by atoms with Gasteiger partial charge in [0.25, 0.3) is 5.91 Å². The topological polar surface area (TPSA) is 55.3 Å². The van der Waals surface area contributed by atoms with Crippen LogP contribution in [-0.4, -0.2) is 57.6 Å². The summed E-state index contributed by atoms with van der Waals surface area (Å²) in [4.78, 5) is 24.6. The molecule has 2 atom stereocenters. The molecule has 0 bridgehead atoms. The standard InChI is InChI=1S/C20H25N3O2S/c1-13-14(2)22-19-10-15(5-6-18(19)21-13)20(24)23(16-7-9-26-12-16)11-17-4-3-8-25-17/h5-6,10,16-17H,3-4,7-9,11-12H2,1-2H3/t16-,17-/m0/s1. The van der Waals surface area contributed by atoms with Crippen LogP contribution in [0.1, 0.15) is 41.0 Å². The van der Waals surface area contributed by atoms with E-state index in [4.69, 9.17) is 4.74 Å². The molecule has 138 valence electrons. The average molecular weight is 372 g/mol. The Labute approximate surface area is 158 Å². The highest BCUT2D eigenvalue weighted by molar-refractivity contribution is 7.99. The van der Waals surface area contributed by atoms with Gasteiger partial charge in [-0.15, -0.1) is 0 Å². The predicted octanol–water partition coefficient (Wildman–Crippen LogP) is 3.37. The first-order chi connectivity index (χ1) is 12.6. The van der Waals surface area contributed by atoms with Crippen molar-refractivity contribution in [1.29, 1.82) is 0 Å². The van der Waals surface area contributed by atoms with Gasteiger partial charge in [0.1, 0.15) is 0 Å². The Balaban J connectivity index is 1.63. The second-order valence-electron chi connectivity index (χ2n) is 7.21. The van der Waals surface area contributed by atoms with Crippen molar-refractivity contribution in [1.82, 2.24) is 14.9 Å². The summed E-state index contributed by atoms with van der Waals surface area (Å²) in [5.41, 5.74) is 4.17. The van der Waals surface area contributed by atoms with E-state index in [1.54, 1.807) is 0 Å². The molecule has 0 radical (unpaired) electrons. The number of rotatable bonds is 4. The van der Waals surface area contributed by atoms with Crippen LogP contribution in [-0.2, 0) is 4.74 Å². The van der Waals surface area contributed by atoms with E-state index in [-0.39, 0.29) is 12.0 Å².